The van der Waals surface area contributed by atoms with Crippen LogP contribution in [0.2, 0.25) is 0 Å². The summed E-state index contributed by atoms with van der Waals surface area (Å²) in [6.45, 7) is 3.67. The normalized spacial score (nSPS) is 16.6. The molecule has 1 atom stereocenters. The molecular weight excluding hydrogens is 244 g/mol. The average molecular weight is 260 g/mol. The van der Waals surface area contributed by atoms with Crippen LogP contribution in [0.4, 0.5) is 0 Å². The van der Waals surface area contributed by atoms with Crippen molar-refractivity contribution in [3.63, 3.8) is 0 Å². The quantitative estimate of drug-likeness (QED) is 0.357. The van der Waals surface area contributed by atoms with Crippen LogP contribution in [0.5, 0.6) is 0 Å². The maximum atomic E-state index is 10.8. The maximum Gasteiger partial charge on any atom is 0.469 e. The maximum absolute atomic E-state index is 10.8. The van der Waals surface area contributed by atoms with Crippen molar-refractivity contribution in [1.82, 2.24) is 0 Å². The van der Waals surface area contributed by atoms with Crippen LogP contribution in [0.25, 0.3) is 0 Å². The Labute approximate surface area is 88.2 Å². The van der Waals surface area contributed by atoms with Crippen LogP contribution in [0.1, 0.15) is 20.3 Å². The smallest absolute Gasteiger partial charge is 0.317 e. The molecule has 0 bridgehead atoms. The molecule has 0 aliphatic heterocycles. The van der Waals surface area contributed by atoms with Gasteiger partial charge in [0.2, 0.25) is 0 Å². The summed E-state index contributed by atoms with van der Waals surface area (Å²) in [5.74, 6) is 0.0399. The number of hydrogen-bond donors (Lipinski definition) is 5. The summed E-state index contributed by atoms with van der Waals surface area (Å²) in [4.78, 5) is 47.2. The highest BCUT2D eigenvalue weighted by Crippen LogP contribution is 2.60. The molecule has 15 heavy (non-hydrogen) atoms. The third-order valence-corrected chi connectivity index (χ3v) is 4.70. The molecule has 9 heteroatoms. The highest BCUT2D eigenvalue weighted by atomic mass is 31.3. The first-order chi connectivity index (χ1) is 6.59. The molecule has 0 rings (SSSR count). The van der Waals surface area contributed by atoms with E-state index in [1.54, 1.807) is 6.92 Å². The van der Waals surface area contributed by atoms with Gasteiger partial charge in [-0.3, -0.25) is 0 Å². The standard InChI is InChI=1S/C6H15NO6P2/c1-3-5(2)4-7-6(14(8,9)10)15(11,12)13/h5,8-10H,3-4H2,1-2H3,(H-,11,12,13)/p+1. The summed E-state index contributed by atoms with van der Waals surface area (Å²) in [6.07, 6.45) is 0.728. The van der Waals surface area contributed by atoms with Crippen LogP contribution in [0, 0.1) is 5.92 Å². The summed E-state index contributed by atoms with van der Waals surface area (Å²) in [6, 6.07) is 0. The van der Waals surface area contributed by atoms with Gasteiger partial charge in [0.25, 0.3) is 0 Å². The van der Waals surface area contributed by atoms with E-state index in [1.165, 1.54) is 0 Å². The van der Waals surface area contributed by atoms with Gasteiger partial charge in [-0.05, 0) is 5.92 Å². The third kappa shape index (κ3) is 5.68. The number of nitrogens with zero attached hydrogens (tertiary/aromatic N) is 1. The number of aliphatic imine (C=N–C) groups is 1. The Morgan fingerprint density at radius 1 is 1.40 bits per heavy atom. The zero-order valence-corrected chi connectivity index (χ0v) is 10.3. The van der Waals surface area contributed by atoms with E-state index in [0.29, 0.717) is 0 Å². The van der Waals surface area contributed by atoms with Crippen LogP contribution in [0.3, 0.4) is 0 Å². The van der Waals surface area contributed by atoms with Crippen LogP contribution in [-0.4, -0.2) is 36.2 Å². The molecule has 0 aromatic carbocycles. The average Bonchev–Trinajstić information content (AvgIpc) is 1.99. The van der Waals surface area contributed by atoms with E-state index < -0.39 is 20.7 Å². The summed E-state index contributed by atoms with van der Waals surface area (Å²) in [7, 11) is -9.64. The monoisotopic (exact) mass is 260 g/mol. The first-order valence-electron chi connectivity index (χ1n) is 4.27. The van der Waals surface area contributed by atoms with E-state index in [2.05, 4.69) is 4.99 Å². The molecule has 0 aromatic rings. The zero-order chi connectivity index (χ0) is 12.3. The molecule has 0 spiro atoms. The lowest BCUT2D eigenvalue weighted by atomic mass is 10.1. The van der Waals surface area contributed by atoms with E-state index >= 15 is 0 Å². The van der Waals surface area contributed by atoms with E-state index in [4.69, 9.17) is 24.5 Å². The largest absolute Gasteiger partial charge is 0.469 e. The Morgan fingerprint density at radius 3 is 2.13 bits per heavy atom. The molecule has 0 saturated carbocycles. The molecular formula is C6H16NO6P2+. The van der Waals surface area contributed by atoms with Crippen LogP contribution < -0.4 is 0 Å². The van der Waals surface area contributed by atoms with E-state index in [1.807, 2.05) is 6.92 Å². The molecule has 0 fully saturated rings. The summed E-state index contributed by atoms with van der Waals surface area (Å²) in [5, 5.41) is -1.21. The van der Waals surface area contributed by atoms with Crippen LogP contribution in [0.15, 0.2) is 4.99 Å². The van der Waals surface area contributed by atoms with Crippen LogP contribution >= 0.6 is 15.5 Å². The van der Waals surface area contributed by atoms with E-state index in [-0.39, 0.29) is 12.5 Å². The van der Waals surface area contributed by atoms with Crippen molar-refractivity contribution in [2.75, 3.05) is 6.54 Å². The zero-order valence-electron chi connectivity index (χ0n) is 8.48. The Hall–Kier alpha value is 0.130. The van der Waals surface area contributed by atoms with E-state index in [0.717, 1.165) is 6.42 Å². The van der Waals surface area contributed by atoms with Gasteiger partial charge in [-0.1, -0.05) is 20.3 Å². The van der Waals surface area contributed by atoms with Crippen molar-refractivity contribution in [3.8, 4) is 0 Å². The Morgan fingerprint density at radius 2 is 1.87 bits per heavy atom. The minimum atomic E-state index is -4.91. The lowest BCUT2D eigenvalue weighted by Crippen LogP contribution is -2.09. The molecule has 0 heterocycles. The second-order valence-electron chi connectivity index (χ2n) is 3.27. The molecule has 5 N–H and O–H groups in total. The molecule has 0 aromatic heterocycles. The number of hydrogen-bond acceptors (Lipinski definition) is 5. The number of rotatable bonds is 5. The molecule has 0 amide bonds. The third-order valence-electron chi connectivity index (χ3n) is 1.77. The van der Waals surface area contributed by atoms with Crippen molar-refractivity contribution in [2.24, 2.45) is 10.9 Å². The van der Waals surface area contributed by atoms with Gasteiger partial charge >= 0.3 is 20.7 Å². The molecule has 0 aliphatic rings. The second kappa shape index (κ2) is 5.46. The molecule has 1 unspecified atom stereocenters. The van der Waals surface area contributed by atoms with Gasteiger partial charge in [0.15, 0.2) is 0 Å². The first-order valence-corrected chi connectivity index (χ1v) is 7.53. The minimum absolute atomic E-state index is 0.0281. The van der Waals surface area contributed by atoms with Gasteiger partial charge in [-0.25, -0.2) is 9.56 Å². The van der Waals surface area contributed by atoms with Gasteiger partial charge in [-0.15, -0.1) is 0 Å². The highest BCUT2D eigenvalue weighted by Gasteiger charge is 2.51. The summed E-state index contributed by atoms with van der Waals surface area (Å²) < 4.78 is 10.8. The van der Waals surface area contributed by atoms with Crippen LogP contribution in [-0.2, 0) is 4.57 Å². The van der Waals surface area contributed by atoms with Crippen molar-refractivity contribution >= 4 is 20.7 Å². The van der Waals surface area contributed by atoms with Crippen molar-refractivity contribution in [2.45, 2.75) is 20.3 Å². The SMILES string of the molecule is CCC(C)CN=C(P(=O)(O)O)[P+](O)(O)O. The van der Waals surface area contributed by atoms with Gasteiger partial charge in [-0.2, -0.15) is 14.7 Å². The van der Waals surface area contributed by atoms with Gasteiger partial charge in [0.05, 0.1) is 0 Å². The lowest BCUT2D eigenvalue weighted by molar-refractivity contribution is 0.348. The lowest BCUT2D eigenvalue weighted by Gasteiger charge is -2.09. The van der Waals surface area contributed by atoms with Crippen molar-refractivity contribution < 1.29 is 29.0 Å². The molecule has 0 saturated heterocycles. The van der Waals surface area contributed by atoms with Gasteiger partial charge in [0, 0.05) is 6.54 Å². The first kappa shape index (κ1) is 15.1. The Kier molecular flexibility index (Phi) is 5.50. The van der Waals surface area contributed by atoms with E-state index in [9.17, 15) is 4.57 Å². The predicted octanol–water partition coefficient (Wildman–Crippen LogP) is 0.306. The Balaban J connectivity index is 4.90. The predicted molar refractivity (Wildman–Crippen MR) is 57.4 cm³/mol. The van der Waals surface area contributed by atoms with Crippen molar-refractivity contribution in [1.29, 1.82) is 0 Å². The molecule has 0 aliphatic carbocycles. The molecule has 90 valence electrons. The fraction of sp³-hybridized carbons (Fsp3) is 0.833. The van der Waals surface area contributed by atoms with Crippen molar-refractivity contribution in [3.05, 3.63) is 0 Å². The van der Waals surface area contributed by atoms with Gasteiger partial charge < -0.3 is 9.79 Å². The minimum Gasteiger partial charge on any atom is -0.317 e. The fourth-order valence-electron chi connectivity index (χ4n) is 0.728. The topological polar surface area (TPSA) is 131 Å². The molecule has 0 radical (unpaired) electrons. The molecule has 7 nitrogen and oxygen atoms in total. The Bertz CT molecular complexity index is 280. The van der Waals surface area contributed by atoms with Gasteiger partial charge in [0.1, 0.15) is 0 Å². The summed E-state index contributed by atoms with van der Waals surface area (Å²) >= 11 is 0. The fourth-order valence-corrected chi connectivity index (χ4v) is 2.66. The summed E-state index contributed by atoms with van der Waals surface area (Å²) in [5.41, 5.74) is 0. The highest BCUT2D eigenvalue weighted by molar-refractivity contribution is 8.00. The second-order valence-corrected chi connectivity index (χ2v) is 6.69.